The molecule has 0 bridgehead atoms. The number of fused-ring (bicyclic) bond motifs is 1. The van der Waals surface area contributed by atoms with Crippen LogP contribution in [0.15, 0.2) is 35.4 Å². The number of nitrogens with one attached hydrogen (secondary N) is 1. The van der Waals surface area contributed by atoms with E-state index in [4.69, 9.17) is 0 Å². The number of carbonyl (C=O) groups is 1. The molecule has 0 spiro atoms. The second-order valence-electron chi connectivity index (χ2n) is 5.19. The monoisotopic (exact) mass is 286 g/mol. The lowest BCUT2D eigenvalue weighted by molar-refractivity contribution is -0.120. The number of carbonyl (C=O) groups excluding carboxylic acids is 1. The third-order valence-electron chi connectivity index (χ3n) is 3.65. The van der Waals surface area contributed by atoms with E-state index >= 15 is 0 Å². The van der Waals surface area contributed by atoms with Crippen LogP contribution in [0.5, 0.6) is 0 Å². The predicted molar refractivity (Wildman–Crippen MR) is 83.0 cm³/mol. The highest BCUT2D eigenvalue weighted by Crippen LogP contribution is 2.29. The smallest absolute Gasteiger partial charge is 0.233 e. The molecule has 1 aromatic heterocycles. The fourth-order valence-electron chi connectivity index (χ4n) is 2.55. The molecule has 0 radical (unpaired) electrons. The van der Waals surface area contributed by atoms with E-state index in [9.17, 15) is 4.79 Å². The molecule has 3 rings (SSSR count). The highest BCUT2D eigenvalue weighted by Gasteiger charge is 2.22. The number of nitrogens with zero attached hydrogens (tertiary/aromatic N) is 1. The van der Waals surface area contributed by atoms with Crippen LogP contribution in [-0.4, -0.2) is 22.7 Å². The van der Waals surface area contributed by atoms with Crippen molar-refractivity contribution in [3.05, 3.63) is 35.9 Å². The van der Waals surface area contributed by atoms with Crippen LogP contribution in [0.1, 0.15) is 24.8 Å². The molecule has 1 fully saturated rings. The molecule has 20 heavy (non-hydrogen) atoms. The van der Waals surface area contributed by atoms with Gasteiger partial charge in [0.15, 0.2) is 0 Å². The first kappa shape index (κ1) is 13.4. The topological polar surface area (TPSA) is 42.0 Å². The maximum Gasteiger partial charge on any atom is 0.233 e. The van der Waals surface area contributed by atoms with Crippen molar-refractivity contribution in [2.75, 3.05) is 6.54 Å². The van der Waals surface area contributed by atoms with Gasteiger partial charge in [0.05, 0.1) is 15.8 Å². The lowest BCUT2D eigenvalue weighted by Crippen LogP contribution is -2.30. The summed E-state index contributed by atoms with van der Waals surface area (Å²) in [6.45, 7) is 2.90. The van der Waals surface area contributed by atoms with Crippen molar-refractivity contribution in [2.45, 2.75) is 36.5 Å². The summed E-state index contributed by atoms with van der Waals surface area (Å²) in [7, 11) is 0. The van der Waals surface area contributed by atoms with Crippen molar-refractivity contribution >= 4 is 28.6 Å². The summed E-state index contributed by atoms with van der Waals surface area (Å²) in [5.41, 5.74) is 2.22. The largest absolute Gasteiger partial charge is 0.355 e. The lowest BCUT2D eigenvalue weighted by Gasteiger charge is -2.13. The van der Waals surface area contributed by atoms with Gasteiger partial charge in [0.1, 0.15) is 0 Å². The first-order valence-corrected chi connectivity index (χ1v) is 7.93. The second-order valence-corrected chi connectivity index (χ2v) is 6.41. The molecular formula is C16H18N2OS. The number of hydrogen-bond donors (Lipinski definition) is 1. The average molecular weight is 286 g/mol. The van der Waals surface area contributed by atoms with Crippen LogP contribution in [-0.2, 0) is 4.79 Å². The van der Waals surface area contributed by atoms with Crippen molar-refractivity contribution in [2.24, 2.45) is 0 Å². The Morgan fingerprint density at radius 1 is 1.30 bits per heavy atom. The molecule has 0 saturated carbocycles. The van der Waals surface area contributed by atoms with E-state index in [2.05, 4.69) is 29.4 Å². The summed E-state index contributed by atoms with van der Waals surface area (Å²) in [6.07, 6.45) is 3.11. The zero-order chi connectivity index (χ0) is 13.9. The third kappa shape index (κ3) is 2.80. The minimum absolute atomic E-state index is 0.00874. The van der Waals surface area contributed by atoms with Gasteiger partial charge in [-0.25, -0.2) is 4.98 Å². The SMILES string of the molecule is Cc1cc(S[C@H]2CCCCNC2=O)nc2ccccc12. The minimum atomic E-state index is -0.00874. The van der Waals surface area contributed by atoms with Crippen LogP contribution in [0.2, 0.25) is 0 Å². The molecular weight excluding hydrogens is 268 g/mol. The molecule has 104 valence electrons. The molecule has 1 saturated heterocycles. The lowest BCUT2D eigenvalue weighted by atomic mass is 10.1. The number of rotatable bonds is 2. The highest BCUT2D eigenvalue weighted by molar-refractivity contribution is 8.00. The van der Waals surface area contributed by atoms with Gasteiger partial charge in [-0.1, -0.05) is 36.4 Å². The summed E-state index contributed by atoms with van der Waals surface area (Å²) in [4.78, 5) is 16.7. The first-order chi connectivity index (χ1) is 9.74. The Morgan fingerprint density at radius 3 is 3.05 bits per heavy atom. The Balaban J connectivity index is 1.88. The fourth-order valence-corrected chi connectivity index (χ4v) is 3.71. The Morgan fingerprint density at radius 2 is 2.15 bits per heavy atom. The molecule has 3 nitrogen and oxygen atoms in total. The van der Waals surface area contributed by atoms with E-state index in [0.717, 1.165) is 36.3 Å². The number of pyridine rings is 1. The van der Waals surface area contributed by atoms with Crippen LogP contribution < -0.4 is 5.32 Å². The summed E-state index contributed by atoms with van der Waals surface area (Å²) in [6, 6.07) is 10.2. The Bertz CT molecular complexity index is 641. The molecule has 1 N–H and O–H groups in total. The Labute approximate surface area is 123 Å². The molecule has 0 unspecified atom stereocenters. The molecule has 1 aliphatic heterocycles. The third-order valence-corrected chi connectivity index (χ3v) is 4.83. The summed E-state index contributed by atoms with van der Waals surface area (Å²) >= 11 is 1.59. The molecule has 1 amide bonds. The zero-order valence-electron chi connectivity index (χ0n) is 11.6. The standard InChI is InChI=1S/C16H18N2OS/c1-11-10-15(18-13-7-3-2-6-12(11)13)20-14-8-4-5-9-17-16(14)19/h2-3,6-7,10,14H,4-5,8-9H2,1H3,(H,17,19)/t14-/m0/s1. The number of benzene rings is 1. The molecule has 1 aromatic carbocycles. The van der Waals surface area contributed by atoms with Crippen LogP contribution >= 0.6 is 11.8 Å². The molecule has 4 heteroatoms. The maximum absolute atomic E-state index is 12.0. The molecule has 2 aromatic rings. The van der Waals surface area contributed by atoms with Gasteiger partial charge in [0, 0.05) is 11.9 Å². The van der Waals surface area contributed by atoms with Gasteiger partial charge in [0.2, 0.25) is 5.91 Å². The summed E-state index contributed by atoms with van der Waals surface area (Å²) < 4.78 is 0. The Hall–Kier alpha value is -1.55. The van der Waals surface area contributed by atoms with Gasteiger partial charge >= 0.3 is 0 Å². The van der Waals surface area contributed by atoms with Gasteiger partial charge in [-0.3, -0.25) is 4.79 Å². The van der Waals surface area contributed by atoms with Crippen molar-refractivity contribution in [3.8, 4) is 0 Å². The van der Waals surface area contributed by atoms with Gasteiger partial charge in [-0.05, 0) is 37.5 Å². The van der Waals surface area contributed by atoms with Crippen LogP contribution in [0.25, 0.3) is 10.9 Å². The second kappa shape index (κ2) is 5.83. The number of aromatic nitrogens is 1. The number of thioether (sulfide) groups is 1. The van der Waals surface area contributed by atoms with Crippen molar-refractivity contribution < 1.29 is 4.79 Å². The quantitative estimate of drug-likeness (QED) is 0.921. The highest BCUT2D eigenvalue weighted by atomic mass is 32.2. The predicted octanol–water partition coefficient (Wildman–Crippen LogP) is 3.30. The van der Waals surface area contributed by atoms with E-state index in [0.29, 0.717) is 0 Å². The van der Waals surface area contributed by atoms with Crippen molar-refractivity contribution in [1.29, 1.82) is 0 Å². The van der Waals surface area contributed by atoms with Crippen LogP contribution in [0, 0.1) is 6.92 Å². The van der Waals surface area contributed by atoms with E-state index in [1.54, 1.807) is 11.8 Å². The average Bonchev–Trinajstić information content (AvgIpc) is 2.64. The van der Waals surface area contributed by atoms with Crippen molar-refractivity contribution in [1.82, 2.24) is 10.3 Å². The number of para-hydroxylation sites is 1. The van der Waals surface area contributed by atoms with E-state index in [1.165, 1.54) is 10.9 Å². The van der Waals surface area contributed by atoms with E-state index in [1.807, 2.05) is 18.2 Å². The molecule has 2 heterocycles. The first-order valence-electron chi connectivity index (χ1n) is 7.05. The van der Waals surface area contributed by atoms with Crippen molar-refractivity contribution in [3.63, 3.8) is 0 Å². The number of amides is 1. The van der Waals surface area contributed by atoms with Gasteiger partial charge < -0.3 is 5.32 Å². The van der Waals surface area contributed by atoms with Gasteiger partial charge in [-0.15, -0.1) is 0 Å². The maximum atomic E-state index is 12.0. The Kier molecular flexibility index (Phi) is 3.92. The normalized spacial score (nSPS) is 19.6. The summed E-state index contributed by atoms with van der Waals surface area (Å²) in [5.74, 6) is 0.153. The molecule has 1 aliphatic rings. The van der Waals surface area contributed by atoms with E-state index in [-0.39, 0.29) is 11.2 Å². The molecule has 0 aliphatic carbocycles. The zero-order valence-corrected chi connectivity index (χ0v) is 12.4. The number of hydrogen-bond acceptors (Lipinski definition) is 3. The van der Waals surface area contributed by atoms with Crippen LogP contribution in [0.3, 0.4) is 0 Å². The summed E-state index contributed by atoms with van der Waals surface area (Å²) in [5, 5.41) is 5.10. The fraction of sp³-hybridized carbons (Fsp3) is 0.375. The van der Waals surface area contributed by atoms with E-state index < -0.39 is 0 Å². The minimum Gasteiger partial charge on any atom is -0.355 e. The molecule has 1 atom stereocenters. The van der Waals surface area contributed by atoms with Gasteiger partial charge in [0.25, 0.3) is 0 Å². The number of aryl methyl sites for hydroxylation is 1. The van der Waals surface area contributed by atoms with Gasteiger partial charge in [-0.2, -0.15) is 0 Å². The van der Waals surface area contributed by atoms with Crippen LogP contribution in [0.4, 0.5) is 0 Å².